The molecule has 0 saturated heterocycles. The van der Waals surface area contributed by atoms with Crippen molar-refractivity contribution in [2.24, 2.45) is 0 Å². The van der Waals surface area contributed by atoms with Crippen LogP contribution in [-0.4, -0.2) is 15.0 Å². The SMILES string of the molecule is Cc1cnc(-c2[c-]ccc(-c3ccccc3)c2)nc1.[Ir].[c-]1cc(-c2ccccc2)ccc1-c1ccccn1. The molecule has 0 atom stereocenters. The van der Waals surface area contributed by atoms with Crippen molar-refractivity contribution in [1.29, 1.82) is 0 Å². The minimum Gasteiger partial charge on any atom is -0.305 e. The molecule has 0 spiro atoms. The first-order chi connectivity index (χ1) is 18.3. The van der Waals surface area contributed by atoms with Gasteiger partial charge in [0.2, 0.25) is 0 Å². The Bertz CT molecular complexity index is 1480. The first kappa shape index (κ1) is 26.8. The van der Waals surface area contributed by atoms with Crippen molar-refractivity contribution in [2.75, 3.05) is 0 Å². The monoisotopic (exact) mass is 668 g/mol. The molecule has 38 heavy (non-hydrogen) atoms. The second-order valence-corrected chi connectivity index (χ2v) is 8.51. The maximum Gasteiger partial charge on any atom is 0.0748 e. The minimum atomic E-state index is 0. The number of hydrogen-bond acceptors (Lipinski definition) is 3. The van der Waals surface area contributed by atoms with Gasteiger partial charge >= 0.3 is 0 Å². The first-order valence-electron chi connectivity index (χ1n) is 12.1. The minimum absolute atomic E-state index is 0. The van der Waals surface area contributed by atoms with E-state index in [1.807, 2.05) is 92.1 Å². The van der Waals surface area contributed by atoms with Crippen LogP contribution in [0.15, 0.2) is 134 Å². The molecule has 0 bridgehead atoms. The molecule has 0 amide bonds. The van der Waals surface area contributed by atoms with E-state index < -0.39 is 0 Å². The fourth-order valence-electron chi connectivity index (χ4n) is 3.85. The Kier molecular flexibility index (Phi) is 9.42. The van der Waals surface area contributed by atoms with Gasteiger partial charge in [0.25, 0.3) is 0 Å². The summed E-state index contributed by atoms with van der Waals surface area (Å²) >= 11 is 0. The zero-order valence-corrected chi connectivity index (χ0v) is 23.3. The van der Waals surface area contributed by atoms with Crippen molar-refractivity contribution in [3.63, 3.8) is 0 Å². The molecular formula is C34H25IrN3-2. The third kappa shape index (κ3) is 6.95. The van der Waals surface area contributed by atoms with Gasteiger partial charge in [-0.2, -0.15) is 0 Å². The summed E-state index contributed by atoms with van der Waals surface area (Å²) in [4.78, 5) is 13.0. The van der Waals surface area contributed by atoms with Gasteiger partial charge in [-0.1, -0.05) is 83.9 Å². The summed E-state index contributed by atoms with van der Waals surface area (Å²) < 4.78 is 0. The molecule has 3 nitrogen and oxygen atoms in total. The van der Waals surface area contributed by atoms with E-state index in [0.717, 1.165) is 27.9 Å². The van der Waals surface area contributed by atoms with Crippen LogP contribution in [0.5, 0.6) is 0 Å². The largest absolute Gasteiger partial charge is 0.305 e. The van der Waals surface area contributed by atoms with E-state index in [2.05, 4.69) is 69.5 Å². The summed E-state index contributed by atoms with van der Waals surface area (Å²) in [7, 11) is 0. The Hall–Kier alpha value is -4.24. The topological polar surface area (TPSA) is 38.7 Å². The quantitative estimate of drug-likeness (QED) is 0.178. The van der Waals surface area contributed by atoms with E-state index in [4.69, 9.17) is 0 Å². The fraction of sp³-hybridized carbons (Fsp3) is 0.0294. The van der Waals surface area contributed by atoms with Crippen LogP contribution in [0, 0.1) is 19.1 Å². The summed E-state index contributed by atoms with van der Waals surface area (Å²) in [5, 5.41) is 0. The van der Waals surface area contributed by atoms with Crippen LogP contribution in [0.1, 0.15) is 5.56 Å². The van der Waals surface area contributed by atoms with Gasteiger partial charge in [0, 0.05) is 38.7 Å². The van der Waals surface area contributed by atoms with E-state index >= 15 is 0 Å². The predicted molar refractivity (Wildman–Crippen MR) is 150 cm³/mol. The van der Waals surface area contributed by atoms with Crippen LogP contribution in [0.3, 0.4) is 0 Å². The van der Waals surface area contributed by atoms with Gasteiger partial charge in [0.1, 0.15) is 0 Å². The Morgan fingerprint density at radius 3 is 1.82 bits per heavy atom. The molecule has 1 radical (unpaired) electrons. The van der Waals surface area contributed by atoms with Gasteiger partial charge in [-0.05, 0) is 29.8 Å². The normalized spacial score (nSPS) is 10.0. The number of benzene rings is 4. The van der Waals surface area contributed by atoms with E-state index in [1.165, 1.54) is 16.7 Å². The van der Waals surface area contributed by atoms with Crippen molar-refractivity contribution in [3.05, 3.63) is 152 Å². The van der Waals surface area contributed by atoms with Crippen LogP contribution in [0.2, 0.25) is 0 Å². The molecule has 6 aromatic rings. The average Bonchev–Trinajstić information content (AvgIpc) is 2.99. The van der Waals surface area contributed by atoms with Gasteiger partial charge in [-0.15, -0.1) is 65.2 Å². The summed E-state index contributed by atoms with van der Waals surface area (Å²) in [6, 6.07) is 45.2. The van der Waals surface area contributed by atoms with Gasteiger partial charge in [-0.25, -0.2) is 0 Å². The zero-order valence-electron chi connectivity index (χ0n) is 20.9. The van der Waals surface area contributed by atoms with Crippen molar-refractivity contribution in [2.45, 2.75) is 6.92 Å². The van der Waals surface area contributed by atoms with Crippen LogP contribution in [0.4, 0.5) is 0 Å². The van der Waals surface area contributed by atoms with Crippen molar-refractivity contribution >= 4 is 0 Å². The van der Waals surface area contributed by atoms with Gasteiger partial charge in [-0.3, -0.25) is 9.97 Å². The van der Waals surface area contributed by atoms with Crippen molar-refractivity contribution in [3.8, 4) is 44.9 Å². The number of hydrogen-bond donors (Lipinski definition) is 0. The molecular weight excluding hydrogens is 643 g/mol. The average molecular weight is 668 g/mol. The summed E-state index contributed by atoms with van der Waals surface area (Å²) in [5.41, 5.74) is 8.68. The van der Waals surface area contributed by atoms with Gasteiger partial charge in [0.05, 0.1) is 5.82 Å². The fourth-order valence-corrected chi connectivity index (χ4v) is 3.85. The molecule has 0 fully saturated rings. The maximum absolute atomic E-state index is 4.34. The second kappa shape index (κ2) is 13.3. The van der Waals surface area contributed by atoms with Crippen LogP contribution in [-0.2, 0) is 20.1 Å². The number of rotatable bonds is 4. The van der Waals surface area contributed by atoms with Gasteiger partial charge in [0.15, 0.2) is 0 Å². The maximum atomic E-state index is 4.34. The number of pyridine rings is 1. The standard InChI is InChI=1S/C17H13N2.C17H12N.Ir/c1-13-11-18-17(19-12-13)16-9-5-8-15(10-16)14-6-3-2-4-7-14;1-2-6-14(7-3-1)15-9-11-16(12-10-15)17-8-4-5-13-18-17;/h2-8,10-12H,1H3;1-11,13H;/q2*-1;. The molecule has 2 aromatic heterocycles. The molecule has 0 aliphatic rings. The van der Waals surface area contributed by atoms with E-state index in [9.17, 15) is 0 Å². The van der Waals surface area contributed by atoms with Crippen molar-refractivity contribution < 1.29 is 20.1 Å². The molecule has 0 aliphatic heterocycles. The molecule has 4 aromatic carbocycles. The van der Waals surface area contributed by atoms with Crippen LogP contribution < -0.4 is 0 Å². The van der Waals surface area contributed by atoms with E-state index in [-0.39, 0.29) is 20.1 Å². The molecule has 0 aliphatic carbocycles. The molecule has 2 heterocycles. The Morgan fingerprint density at radius 2 is 1.21 bits per heavy atom. The zero-order chi connectivity index (χ0) is 25.3. The van der Waals surface area contributed by atoms with E-state index in [0.29, 0.717) is 5.82 Å². The predicted octanol–water partition coefficient (Wildman–Crippen LogP) is 8.13. The molecule has 0 unspecified atom stereocenters. The number of aromatic nitrogens is 3. The summed E-state index contributed by atoms with van der Waals surface area (Å²) in [5.74, 6) is 0.711. The van der Waals surface area contributed by atoms with Crippen LogP contribution in [0.25, 0.3) is 44.9 Å². The third-order valence-corrected chi connectivity index (χ3v) is 5.79. The molecule has 187 valence electrons. The Labute approximate surface area is 237 Å². The molecule has 6 rings (SSSR count). The number of aryl methyl sites for hydroxylation is 1. The van der Waals surface area contributed by atoms with E-state index in [1.54, 1.807) is 6.20 Å². The molecule has 4 heteroatoms. The van der Waals surface area contributed by atoms with Crippen LogP contribution >= 0.6 is 0 Å². The summed E-state index contributed by atoms with van der Waals surface area (Å²) in [6.45, 7) is 1.98. The molecule has 0 saturated carbocycles. The smallest absolute Gasteiger partial charge is 0.0748 e. The first-order valence-corrected chi connectivity index (χ1v) is 12.1. The third-order valence-electron chi connectivity index (χ3n) is 5.79. The van der Waals surface area contributed by atoms with Gasteiger partial charge < -0.3 is 4.98 Å². The van der Waals surface area contributed by atoms with Crippen molar-refractivity contribution in [1.82, 2.24) is 15.0 Å². The number of nitrogens with zero attached hydrogens (tertiary/aromatic N) is 3. The Balaban J connectivity index is 0.000000173. The summed E-state index contributed by atoms with van der Waals surface area (Å²) in [6.07, 6.45) is 5.45. The second-order valence-electron chi connectivity index (χ2n) is 8.51. The Morgan fingerprint density at radius 1 is 0.553 bits per heavy atom. The molecule has 0 N–H and O–H groups in total.